The van der Waals surface area contributed by atoms with Gasteiger partial charge in [-0.1, -0.05) is 0 Å². The van der Waals surface area contributed by atoms with Gasteiger partial charge in [-0.15, -0.1) is 11.3 Å². The Hall–Kier alpha value is -1.67. The maximum absolute atomic E-state index is 11.4. The maximum atomic E-state index is 11.4. The number of aromatic nitrogens is 1. The largest absolute Gasteiger partial charge is 0.358 e. The Kier molecular flexibility index (Phi) is 7.64. The van der Waals surface area contributed by atoms with Crippen LogP contribution in [-0.4, -0.2) is 68.1 Å². The van der Waals surface area contributed by atoms with E-state index in [4.69, 9.17) is 0 Å². The Morgan fingerprint density at radius 3 is 2.64 bits per heavy atom. The highest BCUT2D eigenvalue weighted by molar-refractivity contribution is 7.11. The van der Waals surface area contributed by atoms with E-state index in [0.29, 0.717) is 12.6 Å². The highest BCUT2D eigenvalue weighted by atomic mass is 32.1. The molecule has 1 fully saturated rings. The van der Waals surface area contributed by atoms with Crippen LogP contribution in [0.15, 0.2) is 4.99 Å². The second-order valence-corrected chi connectivity index (χ2v) is 7.65. The predicted molar refractivity (Wildman–Crippen MR) is 103 cm³/mol. The molecule has 2 rings (SSSR count). The first-order valence-corrected chi connectivity index (χ1v) is 9.66. The number of aliphatic imine (C=N–C) groups is 1. The van der Waals surface area contributed by atoms with Gasteiger partial charge in [0.05, 0.1) is 17.2 Å². The van der Waals surface area contributed by atoms with Crippen LogP contribution in [0.2, 0.25) is 0 Å². The molecule has 1 aliphatic heterocycles. The summed E-state index contributed by atoms with van der Waals surface area (Å²) in [6, 6.07) is 0.402. The van der Waals surface area contributed by atoms with Crippen molar-refractivity contribution in [2.75, 3.05) is 40.3 Å². The van der Waals surface area contributed by atoms with E-state index in [2.05, 4.69) is 37.8 Å². The first-order valence-electron chi connectivity index (χ1n) is 8.84. The van der Waals surface area contributed by atoms with E-state index in [0.717, 1.165) is 55.6 Å². The molecule has 0 unspecified atom stereocenters. The minimum Gasteiger partial charge on any atom is -0.358 e. The Labute approximate surface area is 154 Å². The standard InChI is InChI=1S/C17H30N6OS/c1-12-15(25-13(2)21-12)5-8-20-17(19-4)22-14-6-9-23(10-7-14)11-16(24)18-3/h14H,5-11H2,1-4H3,(H,18,24)(H2,19,20,22). The number of hydrogen-bond donors (Lipinski definition) is 3. The average Bonchev–Trinajstić information content (AvgIpc) is 2.92. The molecule has 1 aliphatic rings. The number of hydrogen-bond acceptors (Lipinski definition) is 5. The first-order chi connectivity index (χ1) is 12.0. The van der Waals surface area contributed by atoms with Crippen molar-refractivity contribution in [2.45, 2.75) is 39.2 Å². The monoisotopic (exact) mass is 366 g/mol. The van der Waals surface area contributed by atoms with E-state index in [1.54, 1.807) is 25.4 Å². The van der Waals surface area contributed by atoms with Crippen molar-refractivity contribution < 1.29 is 4.79 Å². The number of rotatable bonds is 6. The summed E-state index contributed by atoms with van der Waals surface area (Å²) in [5.74, 6) is 0.932. The van der Waals surface area contributed by atoms with Gasteiger partial charge in [0.15, 0.2) is 5.96 Å². The topological polar surface area (TPSA) is 81.7 Å². The summed E-state index contributed by atoms with van der Waals surface area (Å²) < 4.78 is 0. The number of guanidine groups is 1. The molecule has 7 nitrogen and oxygen atoms in total. The van der Waals surface area contributed by atoms with Gasteiger partial charge in [0, 0.05) is 51.1 Å². The number of likely N-dealkylation sites (tertiary alicyclic amines) is 1. The van der Waals surface area contributed by atoms with Crippen LogP contribution >= 0.6 is 11.3 Å². The summed E-state index contributed by atoms with van der Waals surface area (Å²) in [5, 5.41) is 10.7. The second kappa shape index (κ2) is 9.72. The van der Waals surface area contributed by atoms with Gasteiger partial charge in [-0.3, -0.25) is 14.7 Å². The molecule has 25 heavy (non-hydrogen) atoms. The number of amides is 1. The number of piperidine rings is 1. The zero-order valence-corrected chi connectivity index (χ0v) is 16.5. The van der Waals surface area contributed by atoms with Crippen molar-refractivity contribution >= 4 is 23.2 Å². The van der Waals surface area contributed by atoms with Gasteiger partial charge in [-0.2, -0.15) is 0 Å². The van der Waals surface area contributed by atoms with Crippen LogP contribution in [-0.2, 0) is 11.2 Å². The van der Waals surface area contributed by atoms with E-state index in [1.165, 1.54) is 4.88 Å². The molecule has 0 bridgehead atoms. The summed E-state index contributed by atoms with van der Waals surface area (Å²) in [7, 11) is 3.49. The molecular formula is C17H30N6OS. The number of nitrogens with one attached hydrogen (secondary N) is 3. The quantitative estimate of drug-likeness (QED) is 0.509. The number of carbonyl (C=O) groups is 1. The highest BCUT2D eigenvalue weighted by Gasteiger charge is 2.21. The summed E-state index contributed by atoms with van der Waals surface area (Å²) in [4.78, 5) is 23.8. The van der Waals surface area contributed by atoms with E-state index in [1.807, 2.05) is 6.92 Å². The van der Waals surface area contributed by atoms with Crippen LogP contribution in [0.3, 0.4) is 0 Å². The van der Waals surface area contributed by atoms with Gasteiger partial charge in [0.2, 0.25) is 5.91 Å². The molecule has 8 heteroatoms. The Morgan fingerprint density at radius 1 is 1.36 bits per heavy atom. The molecule has 1 amide bonds. The molecule has 1 aromatic heterocycles. The smallest absolute Gasteiger partial charge is 0.233 e. The third kappa shape index (κ3) is 6.28. The van der Waals surface area contributed by atoms with Crippen molar-refractivity contribution in [1.29, 1.82) is 0 Å². The fourth-order valence-corrected chi connectivity index (χ4v) is 3.94. The third-order valence-corrected chi connectivity index (χ3v) is 5.57. The van der Waals surface area contributed by atoms with E-state index in [-0.39, 0.29) is 5.91 Å². The third-order valence-electron chi connectivity index (χ3n) is 4.44. The van der Waals surface area contributed by atoms with Crippen LogP contribution < -0.4 is 16.0 Å². The normalized spacial score (nSPS) is 16.7. The fourth-order valence-electron chi connectivity index (χ4n) is 3.01. The van der Waals surface area contributed by atoms with Crippen molar-refractivity contribution in [1.82, 2.24) is 25.8 Å². The van der Waals surface area contributed by atoms with E-state index in [9.17, 15) is 4.79 Å². The van der Waals surface area contributed by atoms with Gasteiger partial charge in [0.25, 0.3) is 0 Å². The van der Waals surface area contributed by atoms with Gasteiger partial charge in [0.1, 0.15) is 0 Å². The van der Waals surface area contributed by atoms with Crippen LogP contribution in [0.5, 0.6) is 0 Å². The molecule has 1 aromatic rings. The molecule has 0 aromatic carbocycles. The predicted octanol–water partition coefficient (Wildman–Crippen LogP) is 0.678. The number of likely N-dealkylation sites (N-methyl/N-ethyl adjacent to an activating group) is 1. The molecule has 140 valence electrons. The van der Waals surface area contributed by atoms with Gasteiger partial charge < -0.3 is 16.0 Å². The summed E-state index contributed by atoms with van der Waals surface area (Å²) in [6.07, 6.45) is 3.00. The molecule has 0 radical (unpaired) electrons. The molecule has 2 heterocycles. The zero-order valence-electron chi connectivity index (χ0n) is 15.7. The van der Waals surface area contributed by atoms with Gasteiger partial charge in [-0.25, -0.2) is 4.98 Å². The summed E-state index contributed by atoms with van der Waals surface area (Å²) in [5.41, 5.74) is 1.13. The Balaban J connectivity index is 1.70. The Bertz CT molecular complexity index is 592. The number of aryl methyl sites for hydroxylation is 2. The first kappa shape index (κ1) is 19.7. The molecule has 3 N–H and O–H groups in total. The van der Waals surface area contributed by atoms with Crippen molar-refractivity contribution in [3.05, 3.63) is 15.6 Å². The summed E-state index contributed by atoms with van der Waals surface area (Å²) >= 11 is 1.77. The maximum Gasteiger partial charge on any atom is 0.233 e. The zero-order chi connectivity index (χ0) is 18.2. The minimum absolute atomic E-state index is 0.0810. The number of thiazole rings is 1. The molecule has 1 saturated heterocycles. The lowest BCUT2D eigenvalue weighted by Crippen LogP contribution is -2.50. The van der Waals surface area contributed by atoms with Crippen LogP contribution in [0.4, 0.5) is 0 Å². The average molecular weight is 367 g/mol. The van der Waals surface area contributed by atoms with E-state index < -0.39 is 0 Å². The SMILES string of the molecule is CN=C(NCCc1sc(C)nc1C)NC1CCN(CC(=O)NC)CC1. The van der Waals surface area contributed by atoms with Crippen LogP contribution in [0.1, 0.15) is 28.4 Å². The number of carbonyl (C=O) groups excluding carboxylic acids is 1. The van der Waals surface area contributed by atoms with Gasteiger partial charge >= 0.3 is 0 Å². The lowest BCUT2D eigenvalue weighted by molar-refractivity contribution is -0.122. The molecule has 0 saturated carbocycles. The number of nitrogens with zero attached hydrogens (tertiary/aromatic N) is 3. The minimum atomic E-state index is 0.0810. The fraction of sp³-hybridized carbons (Fsp3) is 0.706. The van der Waals surface area contributed by atoms with Crippen molar-refractivity contribution in [2.24, 2.45) is 4.99 Å². The summed E-state index contributed by atoms with van der Waals surface area (Å²) in [6.45, 7) is 7.31. The van der Waals surface area contributed by atoms with Crippen molar-refractivity contribution in [3.63, 3.8) is 0 Å². The Morgan fingerprint density at radius 2 is 2.08 bits per heavy atom. The second-order valence-electron chi connectivity index (χ2n) is 6.36. The molecule has 0 atom stereocenters. The molecular weight excluding hydrogens is 336 g/mol. The molecule has 0 aliphatic carbocycles. The van der Waals surface area contributed by atoms with Crippen LogP contribution in [0, 0.1) is 13.8 Å². The lowest BCUT2D eigenvalue weighted by atomic mass is 10.1. The van der Waals surface area contributed by atoms with Crippen LogP contribution in [0.25, 0.3) is 0 Å². The molecule has 0 spiro atoms. The van der Waals surface area contributed by atoms with E-state index >= 15 is 0 Å². The van der Waals surface area contributed by atoms with Gasteiger partial charge in [-0.05, 0) is 26.7 Å². The van der Waals surface area contributed by atoms with Crippen molar-refractivity contribution in [3.8, 4) is 0 Å². The highest BCUT2D eigenvalue weighted by Crippen LogP contribution is 2.17. The lowest BCUT2D eigenvalue weighted by Gasteiger charge is -2.32.